The van der Waals surface area contributed by atoms with Gasteiger partial charge in [0, 0.05) is 10.5 Å². The highest BCUT2D eigenvalue weighted by molar-refractivity contribution is 9.10. The molecule has 0 amide bonds. The number of nitrogens with two attached hydrogens (primary N) is 1. The number of ether oxygens (including phenoxy) is 2. The van der Waals surface area contributed by atoms with Crippen LogP contribution in [0.5, 0.6) is 11.5 Å². The van der Waals surface area contributed by atoms with Crippen molar-refractivity contribution in [1.82, 2.24) is 0 Å². The van der Waals surface area contributed by atoms with Crippen LogP contribution in [0.15, 0.2) is 46.9 Å². The first-order valence-electron chi connectivity index (χ1n) is 6.84. The van der Waals surface area contributed by atoms with Crippen molar-refractivity contribution in [2.45, 2.75) is 18.9 Å². The molecule has 0 fully saturated rings. The Morgan fingerprint density at radius 1 is 1.00 bits per heavy atom. The number of rotatable bonds is 6. The maximum absolute atomic E-state index is 6.30. The zero-order valence-corrected chi connectivity index (χ0v) is 13.9. The maximum atomic E-state index is 6.30. The Morgan fingerprint density at radius 3 is 2.43 bits per heavy atom. The Bertz CT molecular complexity index is 601. The van der Waals surface area contributed by atoms with Gasteiger partial charge in [-0.3, -0.25) is 0 Å². The summed E-state index contributed by atoms with van der Waals surface area (Å²) in [5.74, 6) is 1.73. The van der Waals surface area contributed by atoms with Crippen molar-refractivity contribution in [2.24, 2.45) is 5.73 Å². The monoisotopic (exact) mass is 349 g/mol. The van der Waals surface area contributed by atoms with Gasteiger partial charge in [0.2, 0.25) is 0 Å². The van der Waals surface area contributed by atoms with Crippen LogP contribution in [0.4, 0.5) is 0 Å². The molecule has 0 saturated carbocycles. The SMILES string of the molecule is COc1ccc(Br)c(CC(N)Cc2ccccc2OC)c1. The van der Waals surface area contributed by atoms with Gasteiger partial charge >= 0.3 is 0 Å². The summed E-state index contributed by atoms with van der Waals surface area (Å²) in [6.45, 7) is 0. The highest BCUT2D eigenvalue weighted by Crippen LogP contribution is 2.25. The zero-order chi connectivity index (χ0) is 15.2. The first kappa shape index (κ1) is 15.9. The summed E-state index contributed by atoms with van der Waals surface area (Å²) < 4.78 is 11.7. The van der Waals surface area contributed by atoms with E-state index < -0.39 is 0 Å². The van der Waals surface area contributed by atoms with E-state index in [2.05, 4.69) is 22.0 Å². The van der Waals surface area contributed by atoms with E-state index in [1.807, 2.05) is 36.4 Å². The molecule has 2 N–H and O–H groups in total. The van der Waals surface area contributed by atoms with Gasteiger partial charge < -0.3 is 15.2 Å². The van der Waals surface area contributed by atoms with Crippen LogP contribution < -0.4 is 15.2 Å². The van der Waals surface area contributed by atoms with Crippen molar-refractivity contribution in [1.29, 1.82) is 0 Å². The van der Waals surface area contributed by atoms with Gasteiger partial charge in [0.25, 0.3) is 0 Å². The summed E-state index contributed by atoms with van der Waals surface area (Å²) in [4.78, 5) is 0. The van der Waals surface area contributed by atoms with Gasteiger partial charge in [0.05, 0.1) is 14.2 Å². The fourth-order valence-electron chi connectivity index (χ4n) is 2.34. The molecule has 0 aromatic heterocycles. The molecule has 0 aliphatic rings. The molecule has 1 unspecified atom stereocenters. The highest BCUT2D eigenvalue weighted by Gasteiger charge is 2.11. The minimum absolute atomic E-state index is 0.0182. The Morgan fingerprint density at radius 2 is 1.71 bits per heavy atom. The van der Waals surface area contributed by atoms with Crippen molar-refractivity contribution < 1.29 is 9.47 Å². The summed E-state index contributed by atoms with van der Waals surface area (Å²) in [6.07, 6.45) is 1.55. The first-order chi connectivity index (χ1) is 10.1. The van der Waals surface area contributed by atoms with Crippen LogP contribution in [0.2, 0.25) is 0 Å². The summed E-state index contributed by atoms with van der Waals surface area (Å²) in [5.41, 5.74) is 8.59. The Balaban J connectivity index is 2.09. The van der Waals surface area contributed by atoms with Crippen molar-refractivity contribution in [3.63, 3.8) is 0 Å². The van der Waals surface area contributed by atoms with Crippen LogP contribution in [0.3, 0.4) is 0 Å². The number of methoxy groups -OCH3 is 2. The van der Waals surface area contributed by atoms with Crippen molar-refractivity contribution in [3.8, 4) is 11.5 Å². The summed E-state index contributed by atoms with van der Waals surface area (Å²) >= 11 is 3.57. The molecular weight excluding hydrogens is 330 g/mol. The molecule has 2 rings (SSSR count). The third-order valence-electron chi connectivity index (χ3n) is 3.41. The molecule has 2 aromatic carbocycles. The second-order valence-corrected chi connectivity index (χ2v) is 5.79. The van der Waals surface area contributed by atoms with Crippen LogP contribution in [0.25, 0.3) is 0 Å². The van der Waals surface area contributed by atoms with E-state index in [9.17, 15) is 0 Å². The van der Waals surface area contributed by atoms with Crippen molar-refractivity contribution in [2.75, 3.05) is 14.2 Å². The van der Waals surface area contributed by atoms with Gasteiger partial charge in [-0.15, -0.1) is 0 Å². The second kappa shape index (κ2) is 7.48. The summed E-state index contributed by atoms with van der Waals surface area (Å²) in [5, 5.41) is 0. The van der Waals surface area contributed by atoms with Crippen LogP contribution in [-0.2, 0) is 12.8 Å². The van der Waals surface area contributed by atoms with E-state index in [-0.39, 0.29) is 6.04 Å². The van der Waals surface area contributed by atoms with E-state index >= 15 is 0 Å². The molecule has 4 heteroatoms. The average Bonchev–Trinajstić information content (AvgIpc) is 2.50. The molecule has 2 aromatic rings. The lowest BCUT2D eigenvalue weighted by Crippen LogP contribution is -2.26. The fraction of sp³-hybridized carbons (Fsp3) is 0.294. The first-order valence-corrected chi connectivity index (χ1v) is 7.63. The third-order valence-corrected chi connectivity index (χ3v) is 4.18. The standard InChI is InChI=1S/C17H20BrNO2/c1-20-15-7-8-16(18)13(11-15)10-14(19)9-12-5-3-4-6-17(12)21-2/h3-8,11,14H,9-10,19H2,1-2H3. The van der Waals surface area contributed by atoms with Gasteiger partial charge in [-0.25, -0.2) is 0 Å². The smallest absolute Gasteiger partial charge is 0.122 e. The van der Waals surface area contributed by atoms with Crippen LogP contribution in [0.1, 0.15) is 11.1 Å². The highest BCUT2D eigenvalue weighted by atomic mass is 79.9. The number of benzene rings is 2. The van der Waals surface area contributed by atoms with E-state index in [0.29, 0.717) is 0 Å². The molecule has 0 bridgehead atoms. The van der Waals surface area contributed by atoms with E-state index in [4.69, 9.17) is 15.2 Å². The van der Waals surface area contributed by atoms with E-state index in [0.717, 1.165) is 39.9 Å². The number of halogens is 1. The third kappa shape index (κ3) is 4.22. The van der Waals surface area contributed by atoms with Crippen LogP contribution in [-0.4, -0.2) is 20.3 Å². The van der Waals surface area contributed by atoms with Gasteiger partial charge in [0.15, 0.2) is 0 Å². The predicted molar refractivity (Wildman–Crippen MR) is 89.1 cm³/mol. The molecule has 0 aliphatic heterocycles. The molecule has 0 spiro atoms. The number of hydrogen-bond donors (Lipinski definition) is 1. The molecule has 21 heavy (non-hydrogen) atoms. The lowest BCUT2D eigenvalue weighted by atomic mass is 9.99. The minimum Gasteiger partial charge on any atom is -0.497 e. The van der Waals surface area contributed by atoms with Crippen molar-refractivity contribution >= 4 is 15.9 Å². The Kier molecular flexibility index (Phi) is 5.65. The fourth-order valence-corrected chi connectivity index (χ4v) is 2.75. The molecule has 112 valence electrons. The second-order valence-electron chi connectivity index (χ2n) is 4.94. The van der Waals surface area contributed by atoms with Gasteiger partial charge in [-0.1, -0.05) is 34.1 Å². The molecule has 0 aliphatic carbocycles. The maximum Gasteiger partial charge on any atom is 0.122 e. The summed E-state index contributed by atoms with van der Waals surface area (Å²) in [7, 11) is 3.35. The lowest BCUT2D eigenvalue weighted by Gasteiger charge is -2.15. The molecule has 0 saturated heterocycles. The van der Waals surface area contributed by atoms with Crippen molar-refractivity contribution in [3.05, 3.63) is 58.1 Å². The lowest BCUT2D eigenvalue weighted by molar-refractivity contribution is 0.407. The molecule has 1 atom stereocenters. The molecule has 0 heterocycles. The number of para-hydroxylation sites is 1. The molecule has 0 radical (unpaired) electrons. The molecular formula is C17H20BrNO2. The normalized spacial score (nSPS) is 12.0. The quantitative estimate of drug-likeness (QED) is 0.866. The van der Waals surface area contributed by atoms with Gasteiger partial charge in [0.1, 0.15) is 11.5 Å². The average molecular weight is 350 g/mol. The largest absolute Gasteiger partial charge is 0.497 e. The van der Waals surface area contributed by atoms with Gasteiger partial charge in [-0.2, -0.15) is 0 Å². The van der Waals surface area contributed by atoms with Crippen LogP contribution >= 0.6 is 15.9 Å². The zero-order valence-electron chi connectivity index (χ0n) is 12.3. The van der Waals surface area contributed by atoms with E-state index in [1.165, 1.54) is 0 Å². The van der Waals surface area contributed by atoms with Crippen LogP contribution in [0, 0.1) is 0 Å². The van der Waals surface area contributed by atoms with E-state index in [1.54, 1.807) is 14.2 Å². The van der Waals surface area contributed by atoms with Gasteiger partial charge in [-0.05, 0) is 48.2 Å². The Hall–Kier alpha value is -1.52. The predicted octanol–water partition coefficient (Wildman–Crippen LogP) is 3.58. The molecule has 3 nitrogen and oxygen atoms in total. The number of hydrogen-bond acceptors (Lipinski definition) is 3. The summed E-state index contributed by atoms with van der Waals surface area (Å²) in [6, 6.07) is 13.9. The Labute approximate surface area is 134 Å². The topological polar surface area (TPSA) is 44.5 Å². The minimum atomic E-state index is 0.0182.